The van der Waals surface area contributed by atoms with E-state index in [9.17, 15) is 0 Å². The highest BCUT2D eigenvalue weighted by Crippen LogP contribution is 2.50. The number of likely N-dealkylation sites (tertiary alicyclic amines) is 1. The van der Waals surface area contributed by atoms with Crippen LogP contribution in [0.3, 0.4) is 0 Å². The number of hydrogen-bond acceptors (Lipinski definition) is 4. The van der Waals surface area contributed by atoms with E-state index in [4.69, 9.17) is 11.1 Å². The van der Waals surface area contributed by atoms with Gasteiger partial charge in [-0.05, 0) is 50.5 Å². The molecule has 2 aliphatic rings. The van der Waals surface area contributed by atoms with Crippen LogP contribution in [0.4, 0.5) is 11.4 Å². The summed E-state index contributed by atoms with van der Waals surface area (Å²) in [7, 11) is 0. The molecule has 3 N–H and O–H groups in total. The molecule has 0 spiro atoms. The minimum atomic E-state index is 0.124. The number of benzene rings is 2. The smallest absolute Gasteiger partial charge is 0.122 e. The number of rotatable bonds is 4. The van der Waals surface area contributed by atoms with Crippen molar-refractivity contribution >= 4 is 29.0 Å². The summed E-state index contributed by atoms with van der Waals surface area (Å²) in [6.07, 6.45) is 3.90. The highest BCUT2D eigenvalue weighted by Gasteiger charge is 2.35. The van der Waals surface area contributed by atoms with E-state index in [1.807, 2.05) is 6.07 Å². The zero-order valence-corrected chi connectivity index (χ0v) is 16.2. The van der Waals surface area contributed by atoms with Crippen molar-refractivity contribution in [2.75, 3.05) is 11.4 Å². The van der Waals surface area contributed by atoms with Gasteiger partial charge in [-0.3, -0.25) is 10.3 Å². The quantitative estimate of drug-likeness (QED) is 0.603. The topological polar surface area (TPSA) is 56.4 Å². The van der Waals surface area contributed by atoms with Crippen molar-refractivity contribution in [3.8, 4) is 0 Å². The van der Waals surface area contributed by atoms with Gasteiger partial charge in [-0.25, -0.2) is 0 Å². The van der Waals surface area contributed by atoms with E-state index in [1.165, 1.54) is 34.0 Å². The lowest BCUT2D eigenvalue weighted by Gasteiger charge is -2.44. The fourth-order valence-electron chi connectivity index (χ4n) is 4.23. The van der Waals surface area contributed by atoms with Crippen molar-refractivity contribution in [1.82, 2.24) is 4.90 Å². The number of nitrogens with zero attached hydrogens (tertiary/aromatic N) is 2. The number of amidine groups is 1. The van der Waals surface area contributed by atoms with Crippen LogP contribution >= 0.6 is 11.8 Å². The average molecular weight is 367 g/mol. The van der Waals surface area contributed by atoms with Gasteiger partial charge in [-0.15, -0.1) is 0 Å². The maximum atomic E-state index is 7.86. The molecule has 1 fully saturated rings. The molecular formula is C21H26N4S. The number of nitrogens with one attached hydrogen (secondary N) is 1. The van der Waals surface area contributed by atoms with Gasteiger partial charge in [-0.1, -0.05) is 36.9 Å². The lowest BCUT2D eigenvalue weighted by molar-refractivity contribution is 0.187. The summed E-state index contributed by atoms with van der Waals surface area (Å²) in [5.74, 6) is 0.124. The van der Waals surface area contributed by atoms with Crippen LogP contribution in [0.2, 0.25) is 0 Å². The van der Waals surface area contributed by atoms with Crippen molar-refractivity contribution in [2.24, 2.45) is 5.73 Å². The first-order valence-electron chi connectivity index (χ1n) is 9.40. The Bertz CT molecular complexity index is 835. The van der Waals surface area contributed by atoms with Crippen molar-refractivity contribution in [3.63, 3.8) is 0 Å². The molecule has 2 aromatic rings. The molecule has 4 nitrogen and oxygen atoms in total. The van der Waals surface area contributed by atoms with Gasteiger partial charge in [0.15, 0.2) is 0 Å². The Hall–Kier alpha value is -1.98. The van der Waals surface area contributed by atoms with Crippen molar-refractivity contribution in [3.05, 3.63) is 48.0 Å². The number of para-hydroxylation sites is 1. The Balaban J connectivity index is 1.86. The van der Waals surface area contributed by atoms with Crippen LogP contribution in [0.5, 0.6) is 0 Å². The Morgan fingerprint density at radius 2 is 2.00 bits per heavy atom. The van der Waals surface area contributed by atoms with Gasteiger partial charge in [0.2, 0.25) is 0 Å². The van der Waals surface area contributed by atoms with E-state index in [0.29, 0.717) is 12.2 Å². The summed E-state index contributed by atoms with van der Waals surface area (Å²) in [5, 5.41) is 7.86. The Labute approximate surface area is 159 Å². The second-order valence-corrected chi connectivity index (χ2v) is 8.24. The summed E-state index contributed by atoms with van der Waals surface area (Å²) in [6, 6.07) is 15.4. The van der Waals surface area contributed by atoms with E-state index in [2.05, 4.69) is 60.0 Å². The lowest BCUT2D eigenvalue weighted by Crippen LogP contribution is -2.48. The molecule has 0 bridgehead atoms. The maximum absolute atomic E-state index is 7.86. The number of anilines is 2. The van der Waals surface area contributed by atoms with E-state index in [0.717, 1.165) is 18.5 Å². The largest absolute Gasteiger partial charge is 0.384 e. The zero-order valence-electron chi connectivity index (χ0n) is 15.4. The van der Waals surface area contributed by atoms with Gasteiger partial charge in [0, 0.05) is 27.9 Å². The van der Waals surface area contributed by atoms with Crippen LogP contribution in [-0.2, 0) is 0 Å². The van der Waals surface area contributed by atoms with Gasteiger partial charge < -0.3 is 10.6 Å². The molecule has 0 amide bonds. The molecule has 5 heteroatoms. The molecule has 2 aromatic carbocycles. The van der Waals surface area contributed by atoms with Gasteiger partial charge in [-0.2, -0.15) is 0 Å². The number of fused-ring (bicyclic) bond motifs is 2. The number of nitrogens with two attached hydrogens (primary N) is 1. The predicted molar refractivity (Wildman–Crippen MR) is 110 cm³/mol. The fourth-order valence-corrected chi connectivity index (χ4v) is 5.29. The first-order valence-corrected chi connectivity index (χ1v) is 10.2. The molecule has 26 heavy (non-hydrogen) atoms. The monoisotopic (exact) mass is 366 g/mol. The minimum absolute atomic E-state index is 0.124. The molecule has 0 aromatic heterocycles. The molecule has 2 atom stereocenters. The van der Waals surface area contributed by atoms with Gasteiger partial charge in [0.25, 0.3) is 0 Å². The summed E-state index contributed by atoms with van der Waals surface area (Å²) in [6.45, 7) is 5.76. The number of hydrogen-bond donors (Lipinski definition) is 2. The highest BCUT2D eigenvalue weighted by atomic mass is 32.2. The van der Waals surface area contributed by atoms with Crippen LogP contribution in [0.15, 0.2) is 52.3 Å². The van der Waals surface area contributed by atoms with Crippen LogP contribution < -0.4 is 10.6 Å². The molecule has 2 unspecified atom stereocenters. The molecule has 0 aliphatic carbocycles. The second kappa shape index (κ2) is 6.97. The normalized spacial score (nSPS) is 20.5. The summed E-state index contributed by atoms with van der Waals surface area (Å²) in [4.78, 5) is 7.65. The summed E-state index contributed by atoms with van der Waals surface area (Å²) in [5.41, 5.74) is 9.01. The zero-order chi connectivity index (χ0) is 18.3. The van der Waals surface area contributed by atoms with Crippen LogP contribution in [0.1, 0.15) is 38.7 Å². The Morgan fingerprint density at radius 1 is 1.23 bits per heavy atom. The van der Waals surface area contributed by atoms with Crippen LogP contribution in [0, 0.1) is 5.41 Å². The molecule has 136 valence electrons. The van der Waals surface area contributed by atoms with Crippen LogP contribution in [-0.4, -0.2) is 29.5 Å². The van der Waals surface area contributed by atoms with Gasteiger partial charge in [0.1, 0.15) is 5.84 Å². The average Bonchev–Trinajstić information content (AvgIpc) is 3.07. The van der Waals surface area contributed by atoms with E-state index >= 15 is 0 Å². The lowest BCUT2D eigenvalue weighted by atomic mass is 10.1. The molecule has 2 aliphatic heterocycles. The van der Waals surface area contributed by atoms with E-state index in [-0.39, 0.29) is 5.84 Å². The molecular weight excluding hydrogens is 340 g/mol. The molecule has 0 saturated carbocycles. The third kappa shape index (κ3) is 2.89. The van der Waals surface area contributed by atoms with Gasteiger partial charge >= 0.3 is 0 Å². The predicted octanol–water partition coefficient (Wildman–Crippen LogP) is 4.79. The van der Waals surface area contributed by atoms with Crippen molar-refractivity contribution < 1.29 is 0 Å². The summed E-state index contributed by atoms with van der Waals surface area (Å²) < 4.78 is 0. The molecule has 0 radical (unpaired) electrons. The van der Waals surface area contributed by atoms with Gasteiger partial charge in [0.05, 0.1) is 17.5 Å². The molecule has 1 saturated heterocycles. The Kier molecular flexibility index (Phi) is 4.67. The summed E-state index contributed by atoms with van der Waals surface area (Å²) >= 11 is 1.81. The third-order valence-corrected chi connectivity index (χ3v) is 6.65. The second-order valence-electron chi connectivity index (χ2n) is 7.15. The standard InChI is InChI=1S/C21H26N4S/c1-3-20(24-12-6-7-14(24)2)25-16-8-4-5-9-18(16)26-19-11-10-15(21(22)23)13-17(19)25/h4-5,8-11,13-14,20H,3,6-7,12H2,1-2H3,(H3,22,23). The SMILES string of the molecule is CCC(N1c2ccccc2Sc2ccc(C(=N)N)cc21)N1CCCC1C. The Morgan fingerprint density at radius 3 is 2.69 bits per heavy atom. The maximum Gasteiger partial charge on any atom is 0.122 e. The first-order chi connectivity index (χ1) is 12.6. The molecule has 2 heterocycles. The fraction of sp³-hybridized carbons (Fsp3) is 0.381. The van der Waals surface area contributed by atoms with E-state index < -0.39 is 0 Å². The highest BCUT2D eigenvalue weighted by molar-refractivity contribution is 7.99. The van der Waals surface area contributed by atoms with E-state index in [1.54, 1.807) is 11.8 Å². The first kappa shape index (κ1) is 17.4. The molecule has 4 rings (SSSR count). The minimum Gasteiger partial charge on any atom is -0.384 e. The van der Waals surface area contributed by atoms with Crippen LogP contribution in [0.25, 0.3) is 0 Å². The third-order valence-electron chi connectivity index (χ3n) is 5.52. The van der Waals surface area contributed by atoms with Crippen molar-refractivity contribution in [1.29, 1.82) is 5.41 Å². The number of nitrogen functional groups attached to an aromatic ring is 1. The van der Waals surface area contributed by atoms with Crippen molar-refractivity contribution in [2.45, 2.75) is 55.1 Å².